The summed E-state index contributed by atoms with van der Waals surface area (Å²) < 4.78 is 10.5. The fourth-order valence-corrected chi connectivity index (χ4v) is 2.20. The van der Waals surface area contributed by atoms with E-state index in [4.69, 9.17) is 7.80 Å². The van der Waals surface area contributed by atoms with Crippen molar-refractivity contribution < 1.29 is 7.80 Å². The van der Waals surface area contributed by atoms with Crippen LogP contribution >= 0.6 is 23.0 Å². The Morgan fingerprint density at radius 2 is 1.92 bits per heavy atom. The molecule has 0 radical (unpaired) electrons. The molecule has 4 heteroatoms. The molecule has 0 aliphatic carbocycles. The maximum atomic E-state index is 5.31. The van der Waals surface area contributed by atoms with Crippen LogP contribution < -0.4 is 0 Å². The molecule has 12 heavy (non-hydrogen) atoms. The summed E-state index contributed by atoms with van der Waals surface area (Å²) in [6.07, 6.45) is 2.88. The monoisotopic (exact) mass is 283 g/mol. The second-order valence-corrected chi connectivity index (χ2v) is 4.02. The maximum Gasteiger partial charge on any atom is 0.110 e. The van der Waals surface area contributed by atoms with Crippen LogP contribution in [0.4, 0.5) is 0 Å². The highest BCUT2D eigenvalue weighted by molar-refractivity contribution is 14.1. The van der Waals surface area contributed by atoms with Gasteiger partial charge < -0.3 is 7.80 Å². The van der Waals surface area contributed by atoms with Crippen molar-refractivity contribution in [1.82, 2.24) is 4.90 Å². The molecule has 0 N–H and O–H groups in total. The van der Waals surface area contributed by atoms with Crippen molar-refractivity contribution in [1.29, 1.82) is 0 Å². The number of hydrogen-bond acceptors (Lipinski definition) is 3. The lowest BCUT2D eigenvalue weighted by Gasteiger charge is -2.44. The second kappa shape index (κ2) is 4.21. The van der Waals surface area contributed by atoms with Crippen molar-refractivity contribution in [3.63, 3.8) is 0 Å². The summed E-state index contributed by atoms with van der Waals surface area (Å²) in [5.41, 5.74) is 0. The Kier molecular flexibility index (Phi) is 3.22. The Bertz CT molecular complexity index is 144. The largest absolute Gasteiger partial charge is 0.381 e. The molecular weight excluding hydrogens is 269 g/mol. The molecule has 0 aromatic rings. The Morgan fingerprint density at radius 3 is 2.50 bits per heavy atom. The zero-order chi connectivity index (χ0) is 8.39. The van der Waals surface area contributed by atoms with Gasteiger partial charge in [-0.15, -0.1) is 0 Å². The quantitative estimate of drug-likeness (QED) is 0.711. The SMILES string of the molecule is IOC1CN(C2CCOCC2)C1. The molecule has 0 spiro atoms. The predicted octanol–water partition coefficient (Wildman–Crippen LogP) is 1.22. The summed E-state index contributed by atoms with van der Waals surface area (Å²) in [7, 11) is 0. The van der Waals surface area contributed by atoms with Crippen LogP contribution in [0.3, 0.4) is 0 Å². The van der Waals surface area contributed by atoms with E-state index in [1.807, 2.05) is 23.0 Å². The van der Waals surface area contributed by atoms with Gasteiger partial charge in [-0.05, 0) is 12.8 Å². The van der Waals surface area contributed by atoms with Crippen molar-refractivity contribution in [3.8, 4) is 0 Å². The standard InChI is InChI=1S/C8H14INO2/c9-12-8-5-10(6-8)7-1-3-11-4-2-7/h7-8H,1-6H2. The van der Waals surface area contributed by atoms with E-state index in [-0.39, 0.29) is 0 Å². The molecule has 0 aromatic heterocycles. The molecule has 2 saturated heterocycles. The first-order valence-electron chi connectivity index (χ1n) is 4.49. The highest BCUT2D eigenvalue weighted by atomic mass is 127. The number of likely N-dealkylation sites (tertiary alicyclic amines) is 1. The van der Waals surface area contributed by atoms with Gasteiger partial charge in [0.1, 0.15) is 23.0 Å². The first-order chi connectivity index (χ1) is 5.90. The molecular formula is C8H14INO2. The molecule has 0 bridgehead atoms. The van der Waals surface area contributed by atoms with E-state index >= 15 is 0 Å². The number of nitrogens with zero attached hydrogens (tertiary/aromatic N) is 1. The number of rotatable bonds is 2. The van der Waals surface area contributed by atoms with Gasteiger partial charge in [0.15, 0.2) is 0 Å². The minimum absolute atomic E-state index is 0.480. The van der Waals surface area contributed by atoms with E-state index in [9.17, 15) is 0 Å². The lowest BCUT2D eigenvalue weighted by molar-refractivity contribution is -0.0326. The van der Waals surface area contributed by atoms with Crippen molar-refractivity contribution in [3.05, 3.63) is 0 Å². The smallest absolute Gasteiger partial charge is 0.110 e. The molecule has 2 fully saturated rings. The van der Waals surface area contributed by atoms with Crippen molar-refractivity contribution in [2.24, 2.45) is 0 Å². The van der Waals surface area contributed by atoms with E-state index in [0.717, 1.165) is 32.3 Å². The van der Waals surface area contributed by atoms with Gasteiger partial charge >= 0.3 is 0 Å². The van der Waals surface area contributed by atoms with Crippen LogP contribution in [0.15, 0.2) is 0 Å². The van der Waals surface area contributed by atoms with Gasteiger partial charge in [0.2, 0.25) is 0 Å². The van der Waals surface area contributed by atoms with Crippen LogP contribution in [0.5, 0.6) is 0 Å². The second-order valence-electron chi connectivity index (χ2n) is 3.51. The van der Waals surface area contributed by atoms with E-state index in [0.29, 0.717) is 6.10 Å². The zero-order valence-corrected chi connectivity index (χ0v) is 9.20. The first kappa shape index (κ1) is 9.18. The third-order valence-electron chi connectivity index (χ3n) is 2.71. The van der Waals surface area contributed by atoms with Crippen molar-refractivity contribution in [2.45, 2.75) is 25.0 Å². The van der Waals surface area contributed by atoms with E-state index in [1.165, 1.54) is 12.8 Å². The maximum absolute atomic E-state index is 5.31. The van der Waals surface area contributed by atoms with Crippen LogP contribution in [0.2, 0.25) is 0 Å². The van der Waals surface area contributed by atoms with Crippen LogP contribution in [0.25, 0.3) is 0 Å². The molecule has 0 aromatic carbocycles. The van der Waals surface area contributed by atoms with E-state index < -0.39 is 0 Å². The highest BCUT2D eigenvalue weighted by Crippen LogP contribution is 2.22. The third kappa shape index (κ3) is 1.92. The summed E-state index contributed by atoms with van der Waals surface area (Å²) in [5.74, 6) is 0. The van der Waals surface area contributed by atoms with Crippen LogP contribution in [0.1, 0.15) is 12.8 Å². The summed E-state index contributed by atoms with van der Waals surface area (Å²) in [6, 6.07) is 0.765. The topological polar surface area (TPSA) is 21.7 Å². The van der Waals surface area contributed by atoms with Crippen LogP contribution in [-0.2, 0) is 7.80 Å². The minimum atomic E-state index is 0.480. The Balaban J connectivity index is 1.72. The summed E-state index contributed by atoms with van der Waals surface area (Å²) in [5, 5.41) is 0. The van der Waals surface area contributed by atoms with E-state index in [1.54, 1.807) is 0 Å². The molecule has 0 amide bonds. The summed E-state index contributed by atoms with van der Waals surface area (Å²) in [6.45, 7) is 4.12. The van der Waals surface area contributed by atoms with Gasteiger partial charge in [-0.1, -0.05) is 0 Å². The normalized spacial score (nSPS) is 28.8. The average molecular weight is 283 g/mol. The third-order valence-corrected chi connectivity index (χ3v) is 3.43. The van der Waals surface area contributed by atoms with Crippen molar-refractivity contribution in [2.75, 3.05) is 26.3 Å². The van der Waals surface area contributed by atoms with Gasteiger partial charge in [0, 0.05) is 32.3 Å². The van der Waals surface area contributed by atoms with Crippen LogP contribution in [-0.4, -0.2) is 43.3 Å². The molecule has 0 unspecified atom stereocenters. The van der Waals surface area contributed by atoms with Crippen LogP contribution in [0, 0.1) is 0 Å². The molecule has 2 aliphatic rings. The van der Waals surface area contributed by atoms with Gasteiger partial charge in [0.25, 0.3) is 0 Å². The highest BCUT2D eigenvalue weighted by Gasteiger charge is 2.33. The number of hydrogen-bond donors (Lipinski definition) is 0. The van der Waals surface area contributed by atoms with Gasteiger partial charge in [-0.2, -0.15) is 0 Å². The lowest BCUT2D eigenvalue weighted by Crippen LogP contribution is -2.56. The molecule has 2 aliphatic heterocycles. The Hall–Kier alpha value is 0.610. The molecule has 70 valence electrons. The molecule has 0 atom stereocenters. The Labute approximate surface area is 87.1 Å². The van der Waals surface area contributed by atoms with Gasteiger partial charge in [-0.25, -0.2) is 0 Å². The van der Waals surface area contributed by atoms with Gasteiger partial charge in [-0.3, -0.25) is 4.90 Å². The number of halogens is 1. The molecule has 0 saturated carbocycles. The zero-order valence-electron chi connectivity index (χ0n) is 7.04. The van der Waals surface area contributed by atoms with Gasteiger partial charge in [0.05, 0.1) is 6.10 Å². The predicted molar refractivity (Wildman–Crippen MR) is 54.3 cm³/mol. The summed E-state index contributed by atoms with van der Waals surface area (Å²) in [4.78, 5) is 2.51. The fraction of sp³-hybridized carbons (Fsp3) is 1.00. The minimum Gasteiger partial charge on any atom is -0.381 e. The van der Waals surface area contributed by atoms with Crippen molar-refractivity contribution >= 4 is 23.0 Å². The molecule has 2 heterocycles. The number of ether oxygens (including phenoxy) is 1. The Morgan fingerprint density at radius 1 is 1.25 bits per heavy atom. The molecule has 3 nitrogen and oxygen atoms in total. The first-order valence-corrected chi connectivity index (χ1v) is 5.37. The molecule has 2 rings (SSSR count). The lowest BCUT2D eigenvalue weighted by atomic mass is 10.0. The summed E-state index contributed by atoms with van der Waals surface area (Å²) >= 11 is 1.99. The fourth-order valence-electron chi connectivity index (χ4n) is 1.87. The average Bonchev–Trinajstić information content (AvgIpc) is 2.04. The van der Waals surface area contributed by atoms with E-state index in [2.05, 4.69) is 4.90 Å².